The highest BCUT2D eigenvalue weighted by Crippen LogP contribution is 2.27. The molecule has 1 aliphatic rings. The molecule has 0 amide bonds. The number of rotatable bonds is 2. The first-order valence-corrected chi connectivity index (χ1v) is 5.29. The number of hydrogen-bond acceptors (Lipinski definition) is 5. The molecule has 2 rings (SSSR count). The molecule has 0 aromatic carbocycles. The van der Waals surface area contributed by atoms with Gasteiger partial charge in [-0.3, -0.25) is 14.3 Å². The molecule has 94 valence electrons. The van der Waals surface area contributed by atoms with E-state index >= 15 is 0 Å². The molecule has 3 atom stereocenters. The van der Waals surface area contributed by atoms with Crippen LogP contribution >= 0.6 is 0 Å². The molecule has 0 spiro atoms. The summed E-state index contributed by atoms with van der Waals surface area (Å²) in [5.41, 5.74) is -0.742. The van der Waals surface area contributed by atoms with Gasteiger partial charge in [0, 0.05) is 18.2 Å². The second-order valence-electron chi connectivity index (χ2n) is 4.11. The third kappa shape index (κ3) is 2.17. The van der Waals surface area contributed by atoms with Gasteiger partial charge in [0.15, 0.2) is 6.23 Å². The van der Waals surface area contributed by atoms with Gasteiger partial charge in [0.25, 0.3) is 5.56 Å². The van der Waals surface area contributed by atoms with Gasteiger partial charge in [-0.15, -0.1) is 0 Å². The summed E-state index contributed by atoms with van der Waals surface area (Å²) in [5, 5.41) is 18.7. The Labute approximate surface area is 96.3 Å². The number of aromatic amines is 1. The van der Waals surface area contributed by atoms with Gasteiger partial charge in [0.05, 0.1) is 12.7 Å². The summed E-state index contributed by atoms with van der Waals surface area (Å²) in [6, 6.07) is 0. The fraction of sp³-hybridized carbons (Fsp3) is 0.600. The van der Waals surface area contributed by atoms with Crippen LogP contribution in [0.3, 0.4) is 0 Å². The van der Waals surface area contributed by atoms with E-state index in [9.17, 15) is 14.7 Å². The van der Waals surface area contributed by atoms with Crippen LogP contribution in [0.5, 0.6) is 0 Å². The van der Waals surface area contributed by atoms with E-state index in [-0.39, 0.29) is 13.0 Å². The summed E-state index contributed by atoms with van der Waals surface area (Å²) in [5.74, 6) is 0. The zero-order chi connectivity index (χ0) is 12.6. The number of hydrogen-bond donors (Lipinski definition) is 3. The third-order valence-electron chi connectivity index (χ3n) is 2.79. The van der Waals surface area contributed by atoms with Gasteiger partial charge in [0.1, 0.15) is 6.10 Å². The summed E-state index contributed by atoms with van der Waals surface area (Å²) >= 11 is 0. The average Bonchev–Trinajstić information content (AvgIpc) is 2.65. The smallest absolute Gasteiger partial charge is 0.330 e. The molecule has 1 fully saturated rings. The number of H-pyrrole nitrogens is 1. The number of nitrogens with zero attached hydrogens (tertiary/aromatic N) is 1. The Morgan fingerprint density at radius 2 is 2.29 bits per heavy atom. The molecule has 2 heterocycles. The van der Waals surface area contributed by atoms with Gasteiger partial charge in [0.2, 0.25) is 0 Å². The monoisotopic (exact) mass is 242 g/mol. The molecule has 7 nitrogen and oxygen atoms in total. The standard InChI is InChI=1S/C10H14N2O5/c1-5-3-12(10(16)11-8(5)15)9-7(14)2-6(4-13)17-9/h3,6-7,9,13-14H,2,4H2,1H3,(H,11,15,16)/t6-,7-,9+/m1/s1. The molecule has 0 aliphatic carbocycles. The first kappa shape index (κ1) is 12.0. The van der Waals surface area contributed by atoms with E-state index in [0.717, 1.165) is 4.57 Å². The van der Waals surface area contributed by atoms with Gasteiger partial charge >= 0.3 is 5.69 Å². The van der Waals surface area contributed by atoms with Crippen molar-refractivity contribution in [3.05, 3.63) is 32.6 Å². The minimum absolute atomic E-state index is 0.218. The molecular weight excluding hydrogens is 228 g/mol. The first-order chi connectivity index (χ1) is 8.02. The van der Waals surface area contributed by atoms with E-state index in [2.05, 4.69) is 4.98 Å². The number of aromatic nitrogens is 2. The van der Waals surface area contributed by atoms with Crippen LogP contribution < -0.4 is 11.2 Å². The van der Waals surface area contributed by atoms with Crippen molar-refractivity contribution >= 4 is 0 Å². The van der Waals surface area contributed by atoms with Crippen molar-refractivity contribution in [3.8, 4) is 0 Å². The van der Waals surface area contributed by atoms with Crippen LogP contribution in [0.25, 0.3) is 0 Å². The molecule has 3 N–H and O–H groups in total. The maximum absolute atomic E-state index is 11.6. The van der Waals surface area contributed by atoms with Crippen molar-refractivity contribution in [1.29, 1.82) is 0 Å². The van der Waals surface area contributed by atoms with Crippen LogP contribution in [0.2, 0.25) is 0 Å². The van der Waals surface area contributed by atoms with Crippen LogP contribution in [0.1, 0.15) is 18.2 Å². The zero-order valence-electron chi connectivity index (χ0n) is 9.29. The van der Waals surface area contributed by atoms with Crippen molar-refractivity contribution in [2.24, 2.45) is 0 Å². The Kier molecular flexibility index (Phi) is 3.14. The van der Waals surface area contributed by atoms with E-state index in [1.165, 1.54) is 6.20 Å². The zero-order valence-corrected chi connectivity index (χ0v) is 9.29. The average molecular weight is 242 g/mol. The minimum Gasteiger partial charge on any atom is -0.394 e. The molecule has 0 bridgehead atoms. The second-order valence-corrected chi connectivity index (χ2v) is 4.11. The second kappa shape index (κ2) is 4.44. The highest BCUT2D eigenvalue weighted by molar-refractivity contribution is 5.02. The summed E-state index contributed by atoms with van der Waals surface area (Å²) in [6.07, 6.45) is -0.639. The van der Waals surface area contributed by atoms with E-state index in [4.69, 9.17) is 9.84 Å². The Morgan fingerprint density at radius 1 is 1.59 bits per heavy atom. The Morgan fingerprint density at radius 3 is 2.88 bits per heavy atom. The van der Waals surface area contributed by atoms with Crippen molar-refractivity contribution < 1.29 is 14.9 Å². The number of nitrogens with one attached hydrogen (secondary N) is 1. The molecule has 0 radical (unpaired) electrons. The molecule has 17 heavy (non-hydrogen) atoms. The van der Waals surface area contributed by atoms with Crippen molar-refractivity contribution in [2.45, 2.75) is 31.8 Å². The molecule has 7 heteroatoms. The minimum atomic E-state index is -0.879. The van der Waals surface area contributed by atoms with Crippen molar-refractivity contribution in [3.63, 3.8) is 0 Å². The summed E-state index contributed by atoms with van der Waals surface area (Å²) in [6.45, 7) is 1.34. The van der Waals surface area contributed by atoms with Crippen molar-refractivity contribution in [1.82, 2.24) is 9.55 Å². The molecule has 0 saturated carbocycles. The maximum atomic E-state index is 11.6. The lowest BCUT2D eigenvalue weighted by atomic mass is 10.2. The summed E-state index contributed by atoms with van der Waals surface area (Å²) in [7, 11) is 0. The fourth-order valence-electron chi connectivity index (χ4n) is 1.87. The quantitative estimate of drug-likeness (QED) is 0.584. The highest BCUT2D eigenvalue weighted by Gasteiger charge is 2.35. The van der Waals surface area contributed by atoms with Crippen molar-refractivity contribution in [2.75, 3.05) is 6.61 Å². The molecule has 1 aromatic rings. The number of aryl methyl sites for hydroxylation is 1. The first-order valence-electron chi connectivity index (χ1n) is 5.29. The van der Waals surface area contributed by atoms with Gasteiger partial charge in [-0.2, -0.15) is 0 Å². The molecule has 0 unspecified atom stereocenters. The predicted molar refractivity (Wildman–Crippen MR) is 57.7 cm³/mol. The Hall–Kier alpha value is -1.44. The van der Waals surface area contributed by atoms with Gasteiger partial charge in [-0.25, -0.2) is 4.79 Å². The van der Waals surface area contributed by atoms with Crippen LogP contribution in [0.15, 0.2) is 15.8 Å². The lowest BCUT2D eigenvalue weighted by Gasteiger charge is -2.17. The van der Waals surface area contributed by atoms with Gasteiger partial charge in [-0.05, 0) is 6.92 Å². The lowest BCUT2D eigenvalue weighted by Crippen LogP contribution is -2.36. The largest absolute Gasteiger partial charge is 0.394 e. The molecule has 1 saturated heterocycles. The van der Waals surface area contributed by atoms with Gasteiger partial charge in [-0.1, -0.05) is 0 Å². The lowest BCUT2D eigenvalue weighted by molar-refractivity contribution is -0.0531. The van der Waals surface area contributed by atoms with Crippen LogP contribution in [0, 0.1) is 6.92 Å². The summed E-state index contributed by atoms with van der Waals surface area (Å²) in [4.78, 5) is 24.9. The SMILES string of the molecule is Cc1cn([C@H]2O[C@@H](CO)C[C@H]2O)c(=O)[nH]c1=O. The van der Waals surface area contributed by atoms with E-state index < -0.39 is 29.7 Å². The topological polar surface area (TPSA) is 105 Å². The van der Waals surface area contributed by atoms with E-state index in [1.807, 2.05) is 0 Å². The van der Waals surface area contributed by atoms with Crippen LogP contribution in [-0.4, -0.2) is 38.6 Å². The Balaban J connectivity index is 2.38. The number of aliphatic hydroxyl groups is 2. The molecule has 1 aliphatic heterocycles. The summed E-state index contributed by atoms with van der Waals surface area (Å²) < 4.78 is 6.46. The van der Waals surface area contributed by atoms with Gasteiger partial charge < -0.3 is 14.9 Å². The normalized spacial score (nSPS) is 28.5. The number of ether oxygens (including phenoxy) is 1. The highest BCUT2D eigenvalue weighted by atomic mass is 16.5. The van der Waals surface area contributed by atoms with E-state index in [1.54, 1.807) is 6.92 Å². The van der Waals surface area contributed by atoms with E-state index in [0.29, 0.717) is 5.56 Å². The molecular formula is C10H14N2O5. The third-order valence-corrected chi connectivity index (χ3v) is 2.79. The predicted octanol–water partition coefficient (Wildman–Crippen LogP) is -1.51. The fourth-order valence-corrected chi connectivity index (χ4v) is 1.87. The van der Waals surface area contributed by atoms with Crippen LogP contribution in [-0.2, 0) is 4.74 Å². The molecule has 1 aromatic heterocycles. The maximum Gasteiger partial charge on any atom is 0.330 e. The van der Waals surface area contributed by atoms with Crippen LogP contribution in [0.4, 0.5) is 0 Å². The number of aliphatic hydroxyl groups excluding tert-OH is 2. The Bertz CT molecular complexity index is 520.